The number of amides is 1. The van der Waals surface area contributed by atoms with E-state index in [2.05, 4.69) is 76.4 Å². The lowest BCUT2D eigenvalue weighted by molar-refractivity contribution is -0.117. The van der Waals surface area contributed by atoms with Crippen LogP contribution >= 0.6 is 11.3 Å². The van der Waals surface area contributed by atoms with Crippen molar-refractivity contribution in [3.63, 3.8) is 0 Å². The number of hydrogen-bond acceptors (Lipinski definition) is 6. The number of rotatable bonds is 6. The Morgan fingerprint density at radius 3 is 2.32 bits per heavy atom. The predicted octanol–water partition coefficient (Wildman–Crippen LogP) is 3.13. The van der Waals surface area contributed by atoms with Crippen LogP contribution in [0.4, 0.5) is 10.7 Å². The van der Waals surface area contributed by atoms with E-state index in [0.717, 1.165) is 57.1 Å². The Kier molecular flexibility index (Phi) is 7.27. The van der Waals surface area contributed by atoms with Gasteiger partial charge in [0.25, 0.3) is 0 Å². The summed E-state index contributed by atoms with van der Waals surface area (Å²) in [6, 6.07) is 13.6. The zero-order valence-electron chi connectivity index (χ0n) is 19.0. The van der Waals surface area contributed by atoms with Gasteiger partial charge < -0.3 is 20.0 Å². The SMILES string of the molecule is CN1CCN(c2ccc(-c3ccc(NC(=O)CN4CCC(N(C)C)CC4)s3)cc2)CC1. The zero-order chi connectivity index (χ0) is 21.8. The second-order valence-electron chi connectivity index (χ2n) is 9.02. The molecule has 3 heterocycles. The summed E-state index contributed by atoms with van der Waals surface area (Å²) in [6.45, 7) is 6.85. The van der Waals surface area contributed by atoms with Gasteiger partial charge in [0.2, 0.25) is 5.91 Å². The van der Waals surface area contributed by atoms with E-state index in [1.807, 2.05) is 6.07 Å². The number of carbonyl (C=O) groups is 1. The van der Waals surface area contributed by atoms with Crippen molar-refractivity contribution in [2.75, 3.05) is 77.2 Å². The van der Waals surface area contributed by atoms with Gasteiger partial charge in [0.1, 0.15) is 0 Å². The number of carbonyl (C=O) groups excluding carboxylic acids is 1. The first-order valence-electron chi connectivity index (χ1n) is 11.3. The molecule has 1 amide bonds. The first kappa shape index (κ1) is 22.3. The molecular formula is C24H35N5OS. The molecular weight excluding hydrogens is 406 g/mol. The van der Waals surface area contributed by atoms with Crippen molar-refractivity contribution < 1.29 is 4.79 Å². The molecule has 7 heteroatoms. The molecule has 1 N–H and O–H groups in total. The molecule has 2 aromatic rings. The summed E-state index contributed by atoms with van der Waals surface area (Å²) >= 11 is 1.64. The van der Waals surface area contributed by atoms with Crippen molar-refractivity contribution in [3.8, 4) is 10.4 Å². The second-order valence-corrected chi connectivity index (χ2v) is 10.1. The molecule has 2 aliphatic heterocycles. The van der Waals surface area contributed by atoms with Gasteiger partial charge in [-0.05, 0) is 63.8 Å². The van der Waals surface area contributed by atoms with Crippen molar-refractivity contribution in [1.82, 2.24) is 14.7 Å². The summed E-state index contributed by atoms with van der Waals surface area (Å²) < 4.78 is 0. The Balaban J connectivity index is 1.28. The summed E-state index contributed by atoms with van der Waals surface area (Å²) in [4.78, 5) is 23.1. The Labute approximate surface area is 190 Å². The minimum absolute atomic E-state index is 0.0853. The number of benzene rings is 1. The van der Waals surface area contributed by atoms with Crippen molar-refractivity contribution in [2.24, 2.45) is 0 Å². The van der Waals surface area contributed by atoms with Crippen molar-refractivity contribution in [1.29, 1.82) is 0 Å². The molecule has 1 aromatic heterocycles. The summed E-state index contributed by atoms with van der Waals surface area (Å²) in [5, 5.41) is 4.02. The molecule has 4 rings (SSSR count). The van der Waals surface area contributed by atoms with Crippen LogP contribution in [-0.2, 0) is 4.79 Å². The van der Waals surface area contributed by atoms with Crippen LogP contribution in [0, 0.1) is 0 Å². The second kappa shape index (κ2) is 10.1. The van der Waals surface area contributed by atoms with Crippen molar-refractivity contribution in [2.45, 2.75) is 18.9 Å². The number of hydrogen-bond donors (Lipinski definition) is 1. The minimum Gasteiger partial charge on any atom is -0.369 e. The van der Waals surface area contributed by atoms with Crippen LogP contribution in [0.25, 0.3) is 10.4 Å². The van der Waals surface area contributed by atoms with E-state index < -0.39 is 0 Å². The van der Waals surface area contributed by atoms with Gasteiger partial charge in [0.15, 0.2) is 0 Å². The third kappa shape index (κ3) is 5.86. The molecule has 2 fully saturated rings. The highest BCUT2D eigenvalue weighted by Crippen LogP contribution is 2.32. The number of nitrogens with one attached hydrogen (secondary N) is 1. The Morgan fingerprint density at radius 2 is 1.68 bits per heavy atom. The minimum atomic E-state index is 0.0853. The Hall–Kier alpha value is -1.93. The van der Waals surface area contributed by atoms with Gasteiger partial charge in [0, 0.05) is 55.9 Å². The van der Waals surface area contributed by atoms with Gasteiger partial charge >= 0.3 is 0 Å². The normalized spacial score (nSPS) is 19.2. The monoisotopic (exact) mass is 441 g/mol. The van der Waals surface area contributed by atoms with Crippen LogP contribution < -0.4 is 10.2 Å². The molecule has 0 saturated carbocycles. The molecule has 1 aromatic carbocycles. The van der Waals surface area contributed by atoms with Crippen LogP contribution in [0.5, 0.6) is 0 Å². The smallest absolute Gasteiger partial charge is 0.239 e. The first-order chi connectivity index (χ1) is 15.0. The number of piperidine rings is 1. The maximum Gasteiger partial charge on any atom is 0.239 e. The molecule has 0 aliphatic carbocycles. The average Bonchev–Trinajstić information content (AvgIpc) is 3.23. The van der Waals surface area contributed by atoms with E-state index >= 15 is 0 Å². The topological polar surface area (TPSA) is 42.1 Å². The molecule has 6 nitrogen and oxygen atoms in total. The zero-order valence-corrected chi connectivity index (χ0v) is 19.8. The third-order valence-electron chi connectivity index (χ3n) is 6.54. The fraction of sp³-hybridized carbons (Fsp3) is 0.542. The van der Waals surface area contributed by atoms with Gasteiger partial charge in [0.05, 0.1) is 11.5 Å². The maximum absolute atomic E-state index is 12.5. The van der Waals surface area contributed by atoms with Crippen LogP contribution in [-0.4, -0.2) is 93.6 Å². The lowest BCUT2D eigenvalue weighted by Crippen LogP contribution is -2.44. The van der Waals surface area contributed by atoms with Crippen molar-refractivity contribution in [3.05, 3.63) is 36.4 Å². The van der Waals surface area contributed by atoms with Gasteiger partial charge in [-0.3, -0.25) is 9.69 Å². The number of likely N-dealkylation sites (tertiary alicyclic amines) is 1. The number of thiophene rings is 1. The fourth-order valence-electron chi connectivity index (χ4n) is 4.44. The molecule has 168 valence electrons. The Bertz CT molecular complexity index is 849. The lowest BCUT2D eigenvalue weighted by Gasteiger charge is -2.34. The molecule has 31 heavy (non-hydrogen) atoms. The quantitative estimate of drug-likeness (QED) is 0.746. The van der Waals surface area contributed by atoms with E-state index in [9.17, 15) is 4.79 Å². The first-order valence-corrected chi connectivity index (χ1v) is 12.1. The molecule has 0 radical (unpaired) electrons. The number of anilines is 2. The summed E-state index contributed by atoms with van der Waals surface area (Å²) in [6.07, 6.45) is 2.26. The van der Waals surface area contributed by atoms with E-state index in [-0.39, 0.29) is 5.91 Å². The van der Waals surface area contributed by atoms with Crippen LogP contribution in [0.2, 0.25) is 0 Å². The molecule has 0 unspecified atom stereocenters. The van der Waals surface area contributed by atoms with Gasteiger partial charge in [-0.1, -0.05) is 12.1 Å². The van der Waals surface area contributed by atoms with E-state index in [4.69, 9.17) is 0 Å². The fourth-order valence-corrected chi connectivity index (χ4v) is 5.36. The van der Waals surface area contributed by atoms with Gasteiger partial charge in [-0.2, -0.15) is 0 Å². The van der Waals surface area contributed by atoms with Crippen LogP contribution in [0.15, 0.2) is 36.4 Å². The molecule has 2 aliphatic rings. The van der Waals surface area contributed by atoms with E-state index in [1.165, 1.54) is 16.1 Å². The van der Waals surface area contributed by atoms with Crippen LogP contribution in [0.3, 0.4) is 0 Å². The summed E-state index contributed by atoms with van der Waals surface area (Å²) in [7, 11) is 6.46. The number of likely N-dealkylation sites (N-methyl/N-ethyl adjacent to an activating group) is 1. The van der Waals surface area contributed by atoms with E-state index in [1.54, 1.807) is 11.3 Å². The Morgan fingerprint density at radius 1 is 1.00 bits per heavy atom. The maximum atomic E-state index is 12.5. The third-order valence-corrected chi connectivity index (χ3v) is 7.59. The lowest BCUT2D eigenvalue weighted by atomic mass is 10.0. The van der Waals surface area contributed by atoms with Gasteiger partial charge in [-0.25, -0.2) is 0 Å². The van der Waals surface area contributed by atoms with Crippen molar-refractivity contribution >= 4 is 27.9 Å². The highest BCUT2D eigenvalue weighted by molar-refractivity contribution is 7.19. The molecule has 0 spiro atoms. The molecule has 0 bridgehead atoms. The number of piperazine rings is 1. The molecule has 2 saturated heterocycles. The average molecular weight is 442 g/mol. The van der Waals surface area contributed by atoms with Crippen LogP contribution in [0.1, 0.15) is 12.8 Å². The highest BCUT2D eigenvalue weighted by atomic mass is 32.1. The summed E-state index contributed by atoms with van der Waals surface area (Å²) in [5.74, 6) is 0.0853. The molecule has 0 atom stereocenters. The van der Waals surface area contributed by atoms with Gasteiger partial charge in [-0.15, -0.1) is 11.3 Å². The standard InChI is InChI=1S/C24H35N5OS/c1-26(2)20-10-12-28(13-11-20)18-23(30)25-24-9-8-22(31-24)19-4-6-21(7-5-19)29-16-14-27(3)15-17-29/h4-9,20H,10-18H2,1-3H3,(H,25,30). The highest BCUT2D eigenvalue weighted by Gasteiger charge is 2.22. The summed E-state index contributed by atoms with van der Waals surface area (Å²) in [5.41, 5.74) is 2.49. The van der Waals surface area contributed by atoms with E-state index in [0.29, 0.717) is 12.6 Å². The largest absolute Gasteiger partial charge is 0.369 e. The number of nitrogens with zero attached hydrogens (tertiary/aromatic N) is 4. The predicted molar refractivity (Wildman–Crippen MR) is 131 cm³/mol.